The first-order valence-corrected chi connectivity index (χ1v) is 9.48. The number of rotatable bonds is 3. The Kier molecular flexibility index (Phi) is 4.24. The van der Waals surface area contributed by atoms with Gasteiger partial charge in [-0.2, -0.15) is 0 Å². The van der Waals surface area contributed by atoms with Crippen LogP contribution in [-0.2, 0) is 23.4 Å². The molecule has 0 saturated carbocycles. The van der Waals surface area contributed by atoms with E-state index in [0.29, 0.717) is 19.0 Å². The van der Waals surface area contributed by atoms with E-state index in [4.69, 9.17) is 4.74 Å². The predicted molar refractivity (Wildman–Crippen MR) is 102 cm³/mol. The summed E-state index contributed by atoms with van der Waals surface area (Å²) >= 11 is 1.60. The maximum atomic E-state index is 12.6. The van der Waals surface area contributed by atoms with Gasteiger partial charge in [-0.15, -0.1) is 11.3 Å². The molecule has 0 bridgehead atoms. The molecule has 1 aromatic carbocycles. The molecule has 3 aromatic rings. The molecule has 4 rings (SSSR count). The average molecular weight is 385 g/mol. The maximum Gasteiger partial charge on any atom is 0.296 e. The molecule has 2 N–H and O–H groups in total. The van der Waals surface area contributed by atoms with Crippen molar-refractivity contribution in [3.05, 3.63) is 57.1 Å². The third kappa shape index (κ3) is 3.00. The lowest BCUT2D eigenvalue weighted by atomic mass is 10.1. The topological polar surface area (TPSA) is 93.5 Å². The fourth-order valence-corrected chi connectivity index (χ4v) is 4.19. The molecule has 1 aliphatic heterocycles. The van der Waals surface area contributed by atoms with Gasteiger partial charge < -0.3 is 15.2 Å². The van der Waals surface area contributed by atoms with E-state index < -0.39 is 22.8 Å². The van der Waals surface area contributed by atoms with Crippen molar-refractivity contribution in [3.63, 3.8) is 0 Å². The molecule has 140 valence electrons. The van der Waals surface area contributed by atoms with Crippen LogP contribution in [0.3, 0.4) is 0 Å². The van der Waals surface area contributed by atoms with Crippen LogP contribution in [0.5, 0.6) is 5.75 Å². The molecule has 0 fully saturated rings. The smallest absolute Gasteiger partial charge is 0.296 e. The van der Waals surface area contributed by atoms with Crippen molar-refractivity contribution >= 4 is 27.3 Å². The predicted octanol–water partition coefficient (Wildman–Crippen LogP) is 2.36. The zero-order valence-electron chi connectivity index (χ0n) is 15.0. The Labute approximate surface area is 159 Å². The summed E-state index contributed by atoms with van der Waals surface area (Å²) < 4.78 is 8.11. The number of nitrogens with zero attached hydrogens (tertiary/aromatic N) is 2. The van der Waals surface area contributed by atoms with E-state index in [1.807, 2.05) is 29.6 Å². The molecule has 8 heteroatoms. The molecule has 1 aliphatic rings. The molecular formula is C19H19N3O4S. The van der Waals surface area contributed by atoms with Gasteiger partial charge in [-0.25, -0.2) is 4.98 Å². The second-order valence-corrected chi connectivity index (χ2v) is 7.80. The Bertz CT molecular complexity index is 1100. The molecule has 0 saturated heterocycles. The fourth-order valence-electron chi connectivity index (χ4n) is 3.28. The lowest BCUT2D eigenvalue weighted by Crippen LogP contribution is -2.42. The highest BCUT2D eigenvalue weighted by atomic mass is 32.1. The molecule has 0 unspecified atom stereocenters. The number of thiophene rings is 1. The molecule has 0 aliphatic carbocycles. The molecule has 27 heavy (non-hydrogen) atoms. The minimum atomic E-state index is -0.817. The van der Waals surface area contributed by atoms with Crippen molar-refractivity contribution in [2.24, 2.45) is 0 Å². The SMILES string of the molecule is CC1(C)OCCn2c1nc(C(=O)NCc1cccc3ccsc13)c(O)c2=O. The van der Waals surface area contributed by atoms with Crippen LogP contribution >= 0.6 is 11.3 Å². The Morgan fingerprint density at radius 2 is 2.22 bits per heavy atom. The second-order valence-electron chi connectivity index (χ2n) is 6.89. The summed E-state index contributed by atoms with van der Waals surface area (Å²) in [5.74, 6) is -0.895. The number of hydrogen-bond donors (Lipinski definition) is 2. The van der Waals surface area contributed by atoms with Crippen LogP contribution < -0.4 is 10.9 Å². The number of ether oxygens (including phenoxy) is 1. The summed E-state index contributed by atoms with van der Waals surface area (Å²) in [5, 5.41) is 16.1. The van der Waals surface area contributed by atoms with Gasteiger partial charge in [-0.05, 0) is 36.2 Å². The van der Waals surface area contributed by atoms with Gasteiger partial charge in [0, 0.05) is 11.2 Å². The summed E-state index contributed by atoms with van der Waals surface area (Å²) in [6, 6.07) is 7.89. The van der Waals surface area contributed by atoms with E-state index in [1.165, 1.54) is 4.57 Å². The lowest BCUT2D eigenvalue weighted by molar-refractivity contribution is -0.0566. The van der Waals surface area contributed by atoms with Gasteiger partial charge in [0.2, 0.25) is 5.75 Å². The van der Waals surface area contributed by atoms with Crippen LogP contribution in [0.4, 0.5) is 0 Å². The third-order valence-electron chi connectivity index (χ3n) is 4.68. The highest BCUT2D eigenvalue weighted by Crippen LogP contribution is 2.28. The average Bonchev–Trinajstić information content (AvgIpc) is 3.12. The van der Waals surface area contributed by atoms with Crippen molar-refractivity contribution in [3.8, 4) is 5.75 Å². The van der Waals surface area contributed by atoms with Gasteiger partial charge >= 0.3 is 0 Å². The normalized spacial score (nSPS) is 15.5. The fraction of sp³-hybridized carbons (Fsp3) is 0.316. The Morgan fingerprint density at radius 1 is 1.41 bits per heavy atom. The first-order chi connectivity index (χ1) is 12.9. The zero-order valence-corrected chi connectivity index (χ0v) is 15.8. The highest BCUT2D eigenvalue weighted by Gasteiger charge is 2.34. The van der Waals surface area contributed by atoms with E-state index in [9.17, 15) is 14.7 Å². The second kappa shape index (κ2) is 6.47. The number of fused-ring (bicyclic) bond motifs is 2. The maximum absolute atomic E-state index is 12.6. The first-order valence-electron chi connectivity index (χ1n) is 8.60. The summed E-state index contributed by atoms with van der Waals surface area (Å²) in [6.07, 6.45) is 0. The monoisotopic (exact) mass is 385 g/mol. The lowest BCUT2D eigenvalue weighted by Gasteiger charge is -2.32. The van der Waals surface area contributed by atoms with Crippen LogP contribution in [0.1, 0.15) is 35.7 Å². The highest BCUT2D eigenvalue weighted by molar-refractivity contribution is 7.17. The Morgan fingerprint density at radius 3 is 3.04 bits per heavy atom. The molecule has 7 nitrogen and oxygen atoms in total. The third-order valence-corrected chi connectivity index (χ3v) is 5.68. The van der Waals surface area contributed by atoms with Crippen molar-refractivity contribution < 1.29 is 14.6 Å². The number of benzene rings is 1. The van der Waals surface area contributed by atoms with E-state index in [1.54, 1.807) is 25.2 Å². The van der Waals surface area contributed by atoms with Crippen molar-refractivity contribution in [1.29, 1.82) is 0 Å². The van der Waals surface area contributed by atoms with Crippen LogP contribution in [0.2, 0.25) is 0 Å². The largest absolute Gasteiger partial charge is 0.501 e. The molecule has 1 amide bonds. The van der Waals surface area contributed by atoms with Crippen LogP contribution in [0, 0.1) is 0 Å². The van der Waals surface area contributed by atoms with Crippen LogP contribution in [0.15, 0.2) is 34.4 Å². The summed E-state index contributed by atoms with van der Waals surface area (Å²) in [4.78, 5) is 29.4. The number of hydrogen-bond acceptors (Lipinski definition) is 6. The van der Waals surface area contributed by atoms with Gasteiger partial charge in [0.1, 0.15) is 11.4 Å². The molecule has 0 radical (unpaired) electrons. The molecule has 0 atom stereocenters. The van der Waals surface area contributed by atoms with Gasteiger partial charge in [0.15, 0.2) is 5.69 Å². The van der Waals surface area contributed by atoms with Crippen molar-refractivity contribution in [1.82, 2.24) is 14.9 Å². The Hall–Kier alpha value is -2.71. The molecule has 3 heterocycles. The number of aromatic hydroxyl groups is 1. The van der Waals surface area contributed by atoms with E-state index in [2.05, 4.69) is 10.3 Å². The van der Waals surface area contributed by atoms with Crippen LogP contribution in [0.25, 0.3) is 10.1 Å². The quantitative estimate of drug-likeness (QED) is 0.722. The van der Waals surface area contributed by atoms with Crippen LogP contribution in [-0.4, -0.2) is 27.2 Å². The summed E-state index contributed by atoms with van der Waals surface area (Å²) in [7, 11) is 0. The number of nitrogens with one attached hydrogen (secondary N) is 1. The van der Waals surface area contributed by atoms with Crippen molar-refractivity contribution in [2.45, 2.75) is 32.5 Å². The van der Waals surface area contributed by atoms with E-state index in [0.717, 1.165) is 15.6 Å². The first kappa shape index (κ1) is 17.7. The minimum absolute atomic E-state index is 0.274. The summed E-state index contributed by atoms with van der Waals surface area (Å²) in [6.45, 7) is 4.47. The number of carbonyl (C=O) groups excluding carboxylic acids is 1. The molecule has 0 spiro atoms. The zero-order chi connectivity index (χ0) is 19.2. The molecule has 2 aromatic heterocycles. The summed E-state index contributed by atoms with van der Waals surface area (Å²) in [5.41, 5.74) is -0.748. The van der Waals surface area contributed by atoms with Gasteiger partial charge in [0.05, 0.1) is 13.2 Å². The minimum Gasteiger partial charge on any atom is -0.501 e. The standard InChI is InChI=1S/C19H19N3O4S/c1-19(2)18-21-13(14(23)17(25)22(18)7-8-26-19)16(24)20-10-12-5-3-4-11-6-9-27-15(11)12/h3-6,9,23H,7-8,10H2,1-2H3,(H,20,24). The van der Waals surface area contributed by atoms with Gasteiger partial charge in [-0.3, -0.25) is 14.2 Å². The van der Waals surface area contributed by atoms with Crippen molar-refractivity contribution in [2.75, 3.05) is 6.61 Å². The van der Waals surface area contributed by atoms with Gasteiger partial charge in [-0.1, -0.05) is 18.2 Å². The molecular weight excluding hydrogens is 366 g/mol. The van der Waals surface area contributed by atoms with E-state index in [-0.39, 0.29) is 12.2 Å². The van der Waals surface area contributed by atoms with Gasteiger partial charge in [0.25, 0.3) is 11.5 Å². The number of amides is 1. The number of aromatic nitrogens is 2. The van der Waals surface area contributed by atoms with E-state index >= 15 is 0 Å². The number of carbonyl (C=O) groups is 1. The Balaban J connectivity index is 1.65.